The van der Waals surface area contributed by atoms with Gasteiger partial charge in [-0.25, -0.2) is 13.4 Å². The van der Waals surface area contributed by atoms with Gasteiger partial charge in [0.1, 0.15) is 5.82 Å². The van der Waals surface area contributed by atoms with Crippen molar-refractivity contribution in [2.75, 3.05) is 5.75 Å². The van der Waals surface area contributed by atoms with E-state index in [1.165, 1.54) is 0 Å². The summed E-state index contributed by atoms with van der Waals surface area (Å²) in [5.41, 5.74) is 1.43. The number of H-pyrrole nitrogens is 1. The minimum Gasteiger partial charge on any atom is -0.340 e. The maximum absolute atomic E-state index is 12.4. The van der Waals surface area contributed by atoms with E-state index in [2.05, 4.69) is 9.97 Å². The van der Waals surface area contributed by atoms with Gasteiger partial charge in [-0.3, -0.25) is 4.79 Å². The summed E-state index contributed by atoms with van der Waals surface area (Å²) >= 11 is 0. The molecule has 1 aromatic heterocycles. The molecule has 0 bridgehead atoms. The van der Waals surface area contributed by atoms with Crippen LogP contribution in [0.1, 0.15) is 43.8 Å². The summed E-state index contributed by atoms with van der Waals surface area (Å²) in [4.78, 5) is 19.6. The number of ketones is 1. The summed E-state index contributed by atoms with van der Waals surface area (Å²) < 4.78 is 24.5. The molecule has 0 radical (unpaired) electrons. The number of aromatic nitrogens is 2. The lowest BCUT2D eigenvalue weighted by molar-refractivity contribution is -0.119. The Labute approximate surface area is 140 Å². The highest BCUT2D eigenvalue weighted by molar-refractivity contribution is 7.92. The maximum Gasteiger partial charge on any atom is 0.162 e. The number of nitrogens with zero attached hydrogens (tertiary/aromatic N) is 2. The number of carbonyl (C=O) groups excluding carboxylic acids is 1. The van der Waals surface area contributed by atoms with Crippen molar-refractivity contribution in [2.45, 2.75) is 43.3 Å². The molecule has 1 saturated carbocycles. The zero-order chi connectivity index (χ0) is 17.2. The first-order chi connectivity index (χ1) is 11.5. The number of fused-ring (bicyclic) bond motifs is 1. The van der Waals surface area contributed by atoms with Crippen molar-refractivity contribution in [2.24, 2.45) is 0 Å². The Kier molecular flexibility index (Phi) is 4.67. The third-order valence-corrected chi connectivity index (χ3v) is 6.84. The molecule has 0 saturated heterocycles. The van der Waals surface area contributed by atoms with E-state index in [9.17, 15) is 18.5 Å². The molecular formula is C17H19N3O3S. The second kappa shape index (κ2) is 6.73. The third kappa shape index (κ3) is 3.34. The SMILES string of the molecule is N#C[C@@H](C(=O)CCS(=O)(=O)C1CCCC1)c1nc2ccccc2[nH]1. The molecule has 1 atom stereocenters. The lowest BCUT2D eigenvalue weighted by Crippen LogP contribution is -2.24. The minimum absolute atomic E-state index is 0.145. The number of aromatic amines is 1. The zero-order valence-electron chi connectivity index (χ0n) is 13.2. The lowest BCUT2D eigenvalue weighted by atomic mass is 10.0. The zero-order valence-corrected chi connectivity index (χ0v) is 14.1. The average molecular weight is 345 g/mol. The Hall–Kier alpha value is -2.20. The maximum atomic E-state index is 12.4. The van der Waals surface area contributed by atoms with Crippen LogP contribution in [0.4, 0.5) is 0 Å². The summed E-state index contributed by atoms with van der Waals surface area (Å²) in [7, 11) is -3.26. The Morgan fingerprint density at radius 1 is 1.33 bits per heavy atom. The van der Waals surface area contributed by atoms with Gasteiger partial charge in [-0.15, -0.1) is 0 Å². The van der Waals surface area contributed by atoms with Crippen LogP contribution >= 0.6 is 0 Å². The van der Waals surface area contributed by atoms with Gasteiger partial charge in [-0.2, -0.15) is 5.26 Å². The fraction of sp³-hybridized carbons (Fsp3) is 0.471. The number of carbonyl (C=O) groups is 1. The summed E-state index contributed by atoms with van der Waals surface area (Å²) in [6.07, 6.45) is 3.08. The monoisotopic (exact) mass is 345 g/mol. The number of benzene rings is 1. The molecule has 6 nitrogen and oxygen atoms in total. The topological polar surface area (TPSA) is 104 Å². The van der Waals surface area contributed by atoms with E-state index in [1.807, 2.05) is 24.3 Å². The Balaban J connectivity index is 1.71. The predicted molar refractivity (Wildman–Crippen MR) is 90.1 cm³/mol. The van der Waals surface area contributed by atoms with Gasteiger partial charge in [0.2, 0.25) is 0 Å². The van der Waals surface area contributed by atoms with E-state index in [-0.39, 0.29) is 23.2 Å². The van der Waals surface area contributed by atoms with Crippen molar-refractivity contribution < 1.29 is 13.2 Å². The Bertz CT molecular complexity index is 856. The first-order valence-electron chi connectivity index (χ1n) is 8.10. The molecule has 0 amide bonds. The summed E-state index contributed by atoms with van der Waals surface area (Å²) in [5, 5.41) is 9.01. The number of sulfone groups is 1. The van der Waals surface area contributed by atoms with Crippen molar-refractivity contribution >= 4 is 26.7 Å². The van der Waals surface area contributed by atoms with Gasteiger partial charge in [0, 0.05) is 6.42 Å². The molecule has 0 unspecified atom stereocenters. The van der Waals surface area contributed by atoms with E-state index < -0.39 is 21.5 Å². The van der Waals surface area contributed by atoms with Gasteiger partial charge in [0.05, 0.1) is 28.1 Å². The highest BCUT2D eigenvalue weighted by atomic mass is 32.2. The molecule has 7 heteroatoms. The molecule has 1 N–H and O–H groups in total. The van der Waals surface area contributed by atoms with Crippen LogP contribution in [-0.4, -0.2) is 35.2 Å². The number of imidazole rings is 1. The second-order valence-corrected chi connectivity index (χ2v) is 8.59. The normalized spacial score (nSPS) is 17.0. The number of hydrogen-bond acceptors (Lipinski definition) is 5. The predicted octanol–water partition coefficient (Wildman–Crippen LogP) is 2.49. The number of nitriles is 1. The van der Waals surface area contributed by atoms with Crippen molar-refractivity contribution in [3.63, 3.8) is 0 Å². The van der Waals surface area contributed by atoms with Gasteiger partial charge >= 0.3 is 0 Å². The van der Waals surface area contributed by atoms with Gasteiger partial charge in [0.15, 0.2) is 21.5 Å². The van der Waals surface area contributed by atoms with Crippen LogP contribution in [-0.2, 0) is 14.6 Å². The van der Waals surface area contributed by atoms with Crippen LogP contribution in [0, 0.1) is 11.3 Å². The van der Waals surface area contributed by atoms with Gasteiger partial charge in [0.25, 0.3) is 0 Å². The van der Waals surface area contributed by atoms with Crippen molar-refractivity contribution in [3.8, 4) is 6.07 Å². The molecule has 0 spiro atoms. The van der Waals surface area contributed by atoms with E-state index in [4.69, 9.17) is 0 Å². The fourth-order valence-corrected chi connectivity index (χ4v) is 5.07. The quantitative estimate of drug-likeness (QED) is 0.866. The van der Waals surface area contributed by atoms with Crippen molar-refractivity contribution in [3.05, 3.63) is 30.1 Å². The van der Waals surface area contributed by atoms with E-state index >= 15 is 0 Å². The first kappa shape index (κ1) is 16.7. The standard InChI is InChI=1S/C17H19N3O3S/c18-11-13(17-19-14-7-3-4-8-15(14)20-17)16(21)9-10-24(22,23)12-5-1-2-6-12/h3-4,7-8,12-13H,1-2,5-6,9-10H2,(H,19,20)/t13-/m0/s1. The molecule has 0 aliphatic heterocycles. The summed E-state index contributed by atoms with van der Waals surface area (Å²) in [5.74, 6) is -1.37. The van der Waals surface area contributed by atoms with Crippen LogP contribution in [0.15, 0.2) is 24.3 Å². The first-order valence-corrected chi connectivity index (χ1v) is 9.81. The highest BCUT2D eigenvalue weighted by Gasteiger charge is 2.31. The molecule has 126 valence electrons. The van der Waals surface area contributed by atoms with Crippen LogP contribution in [0.25, 0.3) is 11.0 Å². The molecule has 24 heavy (non-hydrogen) atoms. The molecule has 3 rings (SSSR count). The third-order valence-electron chi connectivity index (χ3n) is 4.58. The molecule has 2 aromatic rings. The fourth-order valence-electron chi connectivity index (χ4n) is 3.20. The number of rotatable bonds is 6. The number of Topliss-reactive ketones (excluding diaryl/α,β-unsaturated/α-hetero) is 1. The lowest BCUT2D eigenvalue weighted by Gasteiger charge is -2.11. The van der Waals surface area contributed by atoms with Crippen LogP contribution in [0.5, 0.6) is 0 Å². The minimum atomic E-state index is -3.26. The summed E-state index contributed by atoms with van der Waals surface area (Å²) in [6.45, 7) is 0. The highest BCUT2D eigenvalue weighted by Crippen LogP contribution is 2.26. The average Bonchev–Trinajstić information content (AvgIpc) is 3.23. The molecular weight excluding hydrogens is 326 g/mol. The summed E-state index contributed by atoms with van der Waals surface area (Å²) in [6, 6.07) is 9.21. The molecule has 1 aliphatic rings. The van der Waals surface area contributed by atoms with E-state index in [0.29, 0.717) is 18.4 Å². The smallest absolute Gasteiger partial charge is 0.162 e. The second-order valence-electron chi connectivity index (χ2n) is 6.19. The van der Waals surface area contributed by atoms with Gasteiger partial charge in [-0.05, 0) is 25.0 Å². The Morgan fingerprint density at radius 3 is 2.71 bits per heavy atom. The van der Waals surface area contributed by atoms with Crippen molar-refractivity contribution in [1.82, 2.24) is 9.97 Å². The van der Waals surface area contributed by atoms with Crippen LogP contribution < -0.4 is 0 Å². The van der Waals surface area contributed by atoms with Crippen molar-refractivity contribution in [1.29, 1.82) is 5.26 Å². The molecule has 1 fully saturated rings. The number of para-hydroxylation sites is 2. The van der Waals surface area contributed by atoms with Crippen LogP contribution in [0.2, 0.25) is 0 Å². The largest absolute Gasteiger partial charge is 0.340 e. The Morgan fingerprint density at radius 2 is 2.04 bits per heavy atom. The van der Waals surface area contributed by atoms with Gasteiger partial charge < -0.3 is 4.98 Å². The molecule has 1 heterocycles. The van der Waals surface area contributed by atoms with E-state index in [1.54, 1.807) is 6.07 Å². The van der Waals surface area contributed by atoms with E-state index in [0.717, 1.165) is 18.4 Å². The number of nitrogens with one attached hydrogen (secondary N) is 1. The molecule has 1 aliphatic carbocycles. The van der Waals surface area contributed by atoms with Crippen LogP contribution in [0.3, 0.4) is 0 Å². The number of hydrogen-bond donors (Lipinski definition) is 1. The molecule has 1 aromatic carbocycles. The van der Waals surface area contributed by atoms with Gasteiger partial charge in [-0.1, -0.05) is 25.0 Å².